The Balaban J connectivity index is 1.97. The van der Waals surface area contributed by atoms with Crippen LogP contribution in [-0.2, 0) is 16.6 Å². The van der Waals surface area contributed by atoms with Crippen LogP contribution in [0.25, 0.3) is 17.0 Å². The zero-order valence-electron chi connectivity index (χ0n) is 12.2. The van der Waals surface area contributed by atoms with E-state index in [0.29, 0.717) is 17.0 Å². The summed E-state index contributed by atoms with van der Waals surface area (Å²) in [5, 5.41) is 8.11. The molecule has 3 aromatic heterocycles. The molecular formula is C12H14N6O3S. The average molecular weight is 322 g/mol. The van der Waals surface area contributed by atoms with E-state index in [1.54, 1.807) is 10.7 Å². The first kappa shape index (κ1) is 14.6. The summed E-state index contributed by atoms with van der Waals surface area (Å²) in [7, 11) is -3.32. The standard InChI is InChI=1S/C12H14N6O3S/c1-7-4-8(2)18-12(15-7)9(5-13-18)11-16-10(21-17-11)6-14-22(3,19)20/h4-5,14H,6H2,1-3H3. The monoisotopic (exact) mass is 322 g/mol. The van der Waals surface area contributed by atoms with Gasteiger partial charge in [-0.1, -0.05) is 5.16 Å². The van der Waals surface area contributed by atoms with E-state index in [0.717, 1.165) is 17.6 Å². The van der Waals surface area contributed by atoms with Gasteiger partial charge in [-0.15, -0.1) is 0 Å². The third-order valence-electron chi connectivity index (χ3n) is 2.97. The lowest BCUT2D eigenvalue weighted by atomic mass is 10.3. The van der Waals surface area contributed by atoms with Gasteiger partial charge in [-0.25, -0.2) is 22.6 Å². The number of rotatable bonds is 4. The van der Waals surface area contributed by atoms with Crippen LogP contribution >= 0.6 is 0 Å². The summed E-state index contributed by atoms with van der Waals surface area (Å²) >= 11 is 0. The van der Waals surface area contributed by atoms with Crippen LogP contribution in [0.3, 0.4) is 0 Å². The van der Waals surface area contributed by atoms with Crippen molar-refractivity contribution in [2.45, 2.75) is 20.4 Å². The molecule has 0 spiro atoms. The van der Waals surface area contributed by atoms with Crippen LogP contribution < -0.4 is 4.72 Å². The summed E-state index contributed by atoms with van der Waals surface area (Å²) in [6.07, 6.45) is 2.67. The van der Waals surface area contributed by atoms with E-state index in [9.17, 15) is 8.42 Å². The van der Waals surface area contributed by atoms with Crippen molar-refractivity contribution < 1.29 is 12.9 Å². The molecule has 0 saturated heterocycles. The van der Waals surface area contributed by atoms with E-state index in [-0.39, 0.29) is 12.4 Å². The normalized spacial score (nSPS) is 12.1. The molecule has 1 N–H and O–H groups in total. The maximum Gasteiger partial charge on any atom is 0.242 e. The fourth-order valence-electron chi connectivity index (χ4n) is 2.06. The topological polar surface area (TPSA) is 115 Å². The highest BCUT2D eigenvalue weighted by molar-refractivity contribution is 7.88. The molecule has 0 aliphatic heterocycles. The molecule has 0 aliphatic carbocycles. The number of sulfonamides is 1. The second-order valence-electron chi connectivity index (χ2n) is 4.94. The second kappa shape index (κ2) is 5.14. The second-order valence-corrected chi connectivity index (χ2v) is 6.77. The summed E-state index contributed by atoms with van der Waals surface area (Å²) in [6, 6.07) is 1.92. The molecule has 0 radical (unpaired) electrons. The molecule has 0 aliphatic rings. The Hall–Kier alpha value is -2.33. The summed E-state index contributed by atoms with van der Waals surface area (Å²) < 4.78 is 31.2. The van der Waals surface area contributed by atoms with Gasteiger partial charge in [0.2, 0.25) is 21.7 Å². The van der Waals surface area contributed by atoms with Crippen molar-refractivity contribution in [2.75, 3.05) is 6.26 Å². The van der Waals surface area contributed by atoms with Crippen LogP contribution in [0.4, 0.5) is 0 Å². The van der Waals surface area contributed by atoms with Gasteiger partial charge in [-0.2, -0.15) is 10.1 Å². The average Bonchev–Trinajstić information content (AvgIpc) is 3.01. The van der Waals surface area contributed by atoms with Gasteiger partial charge in [0, 0.05) is 11.4 Å². The molecule has 9 nitrogen and oxygen atoms in total. The van der Waals surface area contributed by atoms with Crippen LogP contribution in [0.5, 0.6) is 0 Å². The molecule has 10 heteroatoms. The molecule has 0 bridgehead atoms. The lowest BCUT2D eigenvalue weighted by Crippen LogP contribution is -2.21. The molecule has 3 heterocycles. The first-order valence-electron chi connectivity index (χ1n) is 6.43. The van der Waals surface area contributed by atoms with Gasteiger partial charge in [-0.3, -0.25) is 0 Å². The minimum atomic E-state index is -3.32. The van der Waals surface area contributed by atoms with Gasteiger partial charge in [0.15, 0.2) is 5.65 Å². The van der Waals surface area contributed by atoms with Crippen molar-refractivity contribution >= 4 is 15.7 Å². The number of nitrogens with one attached hydrogen (secondary N) is 1. The zero-order valence-corrected chi connectivity index (χ0v) is 13.0. The summed E-state index contributed by atoms with van der Waals surface area (Å²) in [4.78, 5) is 8.60. The van der Waals surface area contributed by atoms with Crippen LogP contribution in [0.1, 0.15) is 17.3 Å². The van der Waals surface area contributed by atoms with Crippen LogP contribution in [0, 0.1) is 13.8 Å². The van der Waals surface area contributed by atoms with Gasteiger partial charge in [0.05, 0.1) is 24.6 Å². The van der Waals surface area contributed by atoms with Gasteiger partial charge < -0.3 is 4.52 Å². The van der Waals surface area contributed by atoms with Gasteiger partial charge in [0.1, 0.15) is 0 Å². The molecule has 0 atom stereocenters. The molecule has 3 aromatic rings. The number of aryl methyl sites for hydroxylation is 2. The van der Waals surface area contributed by atoms with Crippen LogP contribution in [-0.4, -0.2) is 39.4 Å². The summed E-state index contributed by atoms with van der Waals surface area (Å²) in [6.45, 7) is 3.76. The fourth-order valence-corrected chi connectivity index (χ4v) is 2.44. The minimum absolute atomic E-state index is 0.0590. The maximum absolute atomic E-state index is 11.1. The van der Waals surface area contributed by atoms with Crippen molar-refractivity contribution in [2.24, 2.45) is 0 Å². The highest BCUT2D eigenvalue weighted by Crippen LogP contribution is 2.21. The molecule has 0 aromatic carbocycles. The van der Waals surface area contributed by atoms with Gasteiger partial charge in [-0.05, 0) is 19.9 Å². The van der Waals surface area contributed by atoms with Crippen molar-refractivity contribution in [3.63, 3.8) is 0 Å². The molecule has 0 unspecified atom stereocenters. The van der Waals surface area contributed by atoms with E-state index in [1.165, 1.54) is 0 Å². The Labute approximate surface area is 126 Å². The Morgan fingerprint density at radius 2 is 2.09 bits per heavy atom. The predicted octanol–water partition coefficient (Wildman–Crippen LogP) is 0.445. The van der Waals surface area contributed by atoms with E-state index in [1.807, 2.05) is 19.9 Å². The zero-order chi connectivity index (χ0) is 15.9. The highest BCUT2D eigenvalue weighted by Gasteiger charge is 2.16. The van der Waals surface area contributed by atoms with Crippen molar-refractivity contribution in [1.29, 1.82) is 0 Å². The molecular weight excluding hydrogens is 308 g/mol. The van der Waals surface area contributed by atoms with Crippen molar-refractivity contribution in [3.8, 4) is 11.4 Å². The first-order valence-corrected chi connectivity index (χ1v) is 8.32. The smallest absolute Gasteiger partial charge is 0.242 e. The maximum atomic E-state index is 11.1. The molecule has 22 heavy (non-hydrogen) atoms. The Bertz CT molecular complexity index is 943. The van der Waals surface area contributed by atoms with Gasteiger partial charge >= 0.3 is 0 Å². The number of hydrogen-bond acceptors (Lipinski definition) is 7. The number of aromatic nitrogens is 5. The van der Waals surface area contributed by atoms with E-state index in [4.69, 9.17) is 4.52 Å². The largest absolute Gasteiger partial charge is 0.338 e. The highest BCUT2D eigenvalue weighted by atomic mass is 32.2. The molecule has 0 fully saturated rings. The molecule has 0 saturated carbocycles. The van der Waals surface area contributed by atoms with Gasteiger partial charge in [0.25, 0.3) is 0 Å². The molecule has 116 valence electrons. The Morgan fingerprint density at radius 1 is 1.32 bits per heavy atom. The Morgan fingerprint density at radius 3 is 2.82 bits per heavy atom. The number of hydrogen-bond donors (Lipinski definition) is 1. The lowest BCUT2D eigenvalue weighted by Gasteiger charge is -2.00. The van der Waals surface area contributed by atoms with Crippen molar-refractivity contribution in [3.05, 3.63) is 29.5 Å². The number of fused-ring (bicyclic) bond motifs is 1. The number of nitrogens with zero attached hydrogens (tertiary/aromatic N) is 5. The molecule has 3 rings (SSSR count). The van der Waals surface area contributed by atoms with E-state index < -0.39 is 10.0 Å². The predicted molar refractivity (Wildman–Crippen MR) is 77.4 cm³/mol. The molecule has 0 amide bonds. The summed E-state index contributed by atoms with van der Waals surface area (Å²) in [5.74, 6) is 0.488. The lowest BCUT2D eigenvalue weighted by molar-refractivity contribution is 0.376. The van der Waals surface area contributed by atoms with Crippen LogP contribution in [0.15, 0.2) is 16.8 Å². The Kier molecular flexibility index (Phi) is 3.41. The fraction of sp³-hybridized carbons (Fsp3) is 0.333. The minimum Gasteiger partial charge on any atom is -0.338 e. The first-order chi connectivity index (χ1) is 10.3. The SMILES string of the molecule is Cc1cc(C)n2ncc(-c3noc(CNS(C)(=O)=O)n3)c2n1. The third-order valence-corrected chi connectivity index (χ3v) is 3.64. The van der Waals surface area contributed by atoms with Crippen LogP contribution in [0.2, 0.25) is 0 Å². The quantitative estimate of drug-likeness (QED) is 0.741. The van der Waals surface area contributed by atoms with E-state index >= 15 is 0 Å². The van der Waals surface area contributed by atoms with E-state index in [2.05, 4.69) is 24.9 Å². The van der Waals surface area contributed by atoms with Crippen molar-refractivity contribution in [1.82, 2.24) is 29.5 Å². The summed E-state index contributed by atoms with van der Waals surface area (Å²) in [5.41, 5.74) is 3.05. The third kappa shape index (κ3) is 2.83.